The van der Waals surface area contributed by atoms with Crippen molar-refractivity contribution < 1.29 is 47.3 Å². The van der Waals surface area contributed by atoms with Crippen LogP contribution < -0.4 is 11.5 Å². The van der Waals surface area contributed by atoms with Crippen molar-refractivity contribution in [2.75, 3.05) is 47.1 Å². The van der Waals surface area contributed by atoms with Gasteiger partial charge in [-0.05, 0) is 27.3 Å². The van der Waals surface area contributed by atoms with Gasteiger partial charge in [-0.1, -0.05) is 0 Å². The Kier molecular flexibility index (Phi) is 440. The SMILES string of the molecule is CCO.CCO.CCO.CO.CO.[CH2-]CCN.[CH2-]CN.[Ti+2]. The summed E-state index contributed by atoms with van der Waals surface area (Å²) in [5.74, 6) is 0. The Morgan fingerprint density at radius 2 is 0.762 bits per heavy atom. The number of rotatable bonds is 1. The summed E-state index contributed by atoms with van der Waals surface area (Å²) in [6.07, 6.45) is 0.847. The molecule has 136 valence electrons. The predicted octanol–water partition coefficient (Wildman–Crippen LogP) is -0.841. The van der Waals surface area contributed by atoms with E-state index >= 15 is 0 Å². The Bertz CT molecular complexity index is 51.5. The van der Waals surface area contributed by atoms with Gasteiger partial charge in [-0.3, -0.25) is 0 Å². The van der Waals surface area contributed by atoms with Crippen molar-refractivity contribution in [1.29, 1.82) is 0 Å². The average molecular weight is 352 g/mol. The number of nitrogens with two attached hydrogens (primary N) is 2. The molecule has 0 aliphatic carbocycles. The first-order valence-electron chi connectivity index (χ1n) is 6.28. The van der Waals surface area contributed by atoms with Crippen LogP contribution in [0.1, 0.15) is 27.2 Å². The first-order valence-corrected chi connectivity index (χ1v) is 6.28. The molecule has 0 spiro atoms. The normalized spacial score (nSPS) is 5.43. The maximum Gasteiger partial charge on any atom is 2.00 e. The van der Waals surface area contributed by atoms with Gasteiger partial charge in [0.05, 0.1) is 0 Å². The molecule has 0 rings (SSSR count). The van der Waals surface area contributed by atoms with Gasteiger partial charge in [0.15, 0.2) is 0 Å². The summed E-state index contributed by atoms with van der Waals surface area (Å²) >= 11 is 0. The molecule has 21 heavy (non-hydrogen) atoms. The minimum Gasteiger partial charge on any atom is -0.400 e. The van der Waals surface area contributed by atoms with Gasteiger partial charge >= 0.3 is 21.7 Å². The van der Waals surface area contributed by atoms with Crippen LogP contribution in [0.15, 0.2) is 0 Å². The number of hydrogen-bond acceptors (Lipinski definition) is 7. The summed E-state index contributed by atoms with van der Waals surface area (Å²) in [5.41, 5.74) is 9.70. The van der Waals surface area contributed by atoms with E-state index in [9.17, 15) is 0 Å². The zero-order chi connectivity index (χ0) is 18.2. The molecule has 9 N–H and O–H groups in total. The Labute approximate surface area is 147 Å². The zero-order valence-corrected chi connectivity index (χ0v) is 16.1. The fourth-order valence-electron chi connectivity index (χ4n) is 0. The molecular weight excluding hydrogens is 312 g/mol. The van der Waals surface area contributed by atoms with Crippen molar-refractivity contribution in [3.8, 4) is 0 Å². The Hall–Kier alpha value is 0.434. The monoisotopic (exact) mass is 352 g/mol. The van der Waals surface area contributed by atoms with Gasteiger partial charge in [0, 0.05) is 34.0 Å². The average Bonchev–Trinajstić information content (AvgIpc) is 2.46. The molecule has 0 aliphatic heterocycles. The third-order valence-electron chi connectivity index (χ3n) is 0.204. The number of aliphatic hydroxyl groups is 5. The number of hydrogen-bond donors (Lipinski definition) is 7. The molecule has 7 nitrogen and oxygen atoms in total. The molecule has 0 fully saturated rings. The van der Waals surface area contributed by atoms with Crippen LogP contribution in [0.5, 0.6) is 0 Å². The fourth-order valence-corrected chi connectivity index (χ4v) is 0. The van der Waals surface area contributed by atoms with Gasteiger partial charge < -0.3 is 50.8 Å². The van der Waals surface area contributed by atoms with Crippen LogP contribution in [0.4, 0.5) is 0 Å². The first kappa shape index (κ1) is 49.6. The summed E-state index contributed by atoms with van der Waals surface area (Å²) in [6, 6.07) is 0. The molecule has 0 saturated heterocycles. The van der Waals surface area contributed by atoms with E-state index in [2.05, 4.69) is 13.8 Å². The second kappa shape index (κ2) is 186. The van der Waals surface area contributed by atoms with Crippen LogP contribution in [0.25, 0.3) is 0 Å². The quantitative estimate of drug-likeness (QED) is 0.240. The summed E-state index contributed by atoms with van der Waals surface area (Å²) in [4.78, 5) is 0. The minimum absolute atomic E-state index is 0. The molecule has 0 saturated carbocycles. The van der Waals surface area contributed by atoms with E-state index in [0.29, 0.717) is 13.1 Å². The van der Waals surface area contributed by atoms with E-state index in [4.69, 9.17) is 37.0 Å². The topological polar surface area (TPSA) is 153 Å². The van der Waals surface area contributed by atoms with Crippen LogP contribution in [0.3, 0.4) is 0 Å². The van der Waals surface area contributed by atoms with Gasteiger partial charge in [-0.15, -0.1) is 6.54 Å². The van der Waals surface area contributed by atoms with Crippen LogP contribution in [0, 0.1) is 13.8 Å². The standard InChI is InChI=1S/C3H8N.C2H6N.3C2H6O.2CH4O.Ti/c1-2-3-4;4*1-2-3;2*1-2;/h1-4H2;1-3H2;3*3H,2H2,1H3;2*2H,1H3;/q2*-1;;;;;;+2. The Morgan fingerprint density at radius 1 is 0.714 bits per heavy atom. The molecule has 0 aromatic carbocycles. The second-order valence-corrected chi connectivity index (χ2v) is 1.88. The van der Waals surface area contributed by atoms with Crippen LogP contribution in [-0.2, 0) is 21.7 Å². The number of aliphatic hydroxyl groups excluding tert-OH is 5. The molecule has 0 atom stereocenters. The molecule has 0 radical (unpaired) electrons. The Morgan fingerprint density at radius 3 is 0.762 bits per heavy atom. The van der Waals surface area contributed by atoms with Gasteiger partial charge in [0.1, 0.15) is 0 Å². The van der Waals surface area contributed by atoms with Crippen LogP contribution >= 0.6 is 0 Å². The van der Waals surface area contributed by atoms with E-state index in [0.717, 1.165) is 20.6 Å². The maximum absolute atomic E-state index is 7.57. The van der Waals surface area contributed by atoms with Crippen molar-refractivity contribution in [3.63, 3.8) is 0 Å². The van der Waals surface area contributed by atoms with Gasteiger partial charge in [0.25, 0.3) is 0 Å². The van der Waals surface area contributed by atoms with Gasteiger partial charge in [0.2, 0.25) is 0 Å². The van der Waals surface area contributed by atoms with E-state index in [-0.39, 0.29) is 41.5 Å². The van der Waals surface area contributed by atoms with E-state index < -0.39 is 0 Å². The molecule has 0 unspecified atom stereocenters. The molecule has 0 amide bonds. The molecule has 0 bridgehead atoms. The summed E-state index contributed by atoms with van der Waals surface area (Å²) in [5, 5.41) is 36.7. The smallest absolute Gasteiger partial charge is 0.400 e. The predicted molar refractivity (Wildman–Crippen MR) is 88.0 cm³/mol. The summed E-state index contributed by atoms with van der Waals surface area (Å²) < 4.78 is 0. The Balaban J connectivity index is -0.0000000157. The molecule has 0 aromatic heterocycles. The van der Waals surface area contributed by atoms with E-state index in [1.807, 2.05) is 0 Å². The van der Waals surface area contributed by atoms with Crippen molar-refractivity contribution >= 4 is 0 Å². The third kappa shape index (κ3) is 3380. The van der Waals surface area contributed by atoms with Crippen molar-refractivity contribution in [2.24, 2.45) is 11.5 Å². The summed E-state index contributed by atoms with van der Waals surface area (Å²) in [6.45, 7) is 13.7. The fraction of sp³-hybridized carbons (Fsp3) is 0.846. The molecular formula is C13H40N2O5Ti. The van der Waals surface area contributed by atoms with E-state index in [1.54, 1.807) is 20.8 Å². The van der Waals surface area contributed by atoms with Crippen LogP contribution in [-0.4, -0.2) is 72.7 Å². The zero-order valence-electron chi connectivity index (χ0n) is 14.5. The summed E-state index contributed by atoms with van der Waals surface area (Å²) in [7, 11) is 2.00. The molecule has 0 aliphatic rings. The maximum atomic E-state index is 7.57. The van der Waals surface area contributed by atoms with Gasteiger partial charge in [-0.2, -0.15) is 6.42 Å². The molecule has 8 heteroatoms. The van der Waals surface area contributed by atoms with Crippen LogP contribution in [0.2, 0.25) is 0 Å². The minimum atomic E-state index is 0. The van der Waals surface area contributed by atoms with Crippen molar-refractivity contribution in [1.82, 2.24) is 0 Å². The molecule has 0 heterocycles. The van der Waals surface area contributed by atoms with Gasteiger partial charge in [-0.25, -0.2) is 0 Å². The van der Waals surface area contributed by atoms with Crippen molar-refractivity contribution in [2.45, 2.75) is 27.2 Å². The third-order valence-corrected chi connectivity index (χ3v) is 0.204. The largest absolute Gasteiger partial charge is 2.00 e. The first-order chi connectivity index (χ1) is 9.57. The van der Waals surface area contributed by atoms with E-state index in [1.165, 1.54) is 0 Å². The van der Waals surface area contributed by atoms with Crippen molar-refractivity contribution in [3.05, 3.63) is 13.8 Å². The second-order valence-electron chi connectivity index (χ2n) is 1.88. The molecule has 0 aromatic rings.